The molecule has 0 amide bonds. The minimum absolute atomic E-state index is 0.0487. The second-order valence-corrected chi connectivity index (χ2v) is 6.92. The van der Waals surface area contributed by atoms with Crippen LogP contribution >= 0.6 is 0 Å². The van der Waals surface area contributed by atoms with Crippen LogP contribution in [0.2, 0.25) is 0 Å². The van der Waals surface area contributed by atoms with Crippen molar-refractivity contribution in [2.75, 3.05) is 0 Å². The third-order valence-corrected chi connectivity index (χ3v) is 3.01. The highest BCUT2D eigenvalue weighted by Crippen LogP contribution is 2.23. The Balaban J connectivity index is 2.40. The van der Waals surface area contributed by atoms with Gasteiger partial charge in [-0.1, -0.05) is 41.5 Å². The molecular weight excluding hydrogens is 236 g/mol. The molecule has 19 heavy (non-hydrogen) atoms. The monoisotopic (exact) mass is 258 g/mol. The molecule has 0 saturated heterocycles. The fourth-order valence-corrected chi connectivity index (χ4v) is 1.73. The van der Waals surface area contributed by atoms with E-state index in [1.54, 1.807) is 11.0 Å². The van der Waals surface area contributed by atoms with Gasteiger partial charge in [-0.25, -0.2) is 14.6 Å². The largest absolute Gasteiger partial charge is 0.237 e. The normalized spacial score (nSPS) is 12.7. The quantitative estimate of drug-likeness (QED) is 0.788. The Labute approximate surface area is 114 Å². The Hall–Kier alpha value is -1.71. The van der Waals surface area contributed by atoms with E-state index in [1.807, 2.05) is 12.3 Å². The molecular formula is C15H22N4. The number of rotatable bonds is 1. The molecule has 102 valence electrons. The summed E-state index contributed by atoms with van der Waals surface area (Å²) in [6, 6.07) is 4.12. The summed E-state index contributed by atoms with van der Waals surface area (Å²) in [5.41, 5.74) is 1.29. The van der Waals surface area contributed by atoms with Gasteiger partial charge in [0, 0.05) is 11.6 Å². The van der Waals surface area contributed by atoms with Crippen molar-refractivity contribution in [3.05, 3.63) is 36.0 Å². The van der Waals surface area contributed by atoms with Gasteiger partial charge in [0.15, 0.2) is 11.6 Å². The molecule has 4 heteroatoms. The summed E-state index contributed by atoms with van der Waals surface area (Å²) < 4.78 is 1.75. The zero-order valence-corrected chi connectivity index (χ0v) is 12.6. The van der Waals surface area contributed by atoms with E-state index in [9.17, 15) is 0 Å². The van der Waals surface area contributed by atoms with Gasteiger partial charge in [-0.2, -0.15) is 0 Å². The maximum atomic E-state index is 4.52. The molecule has 0 N–H and O–H groups in total. The first kappa shape index (κ1) is 13.7. The van der Waals surface area contributed by atoms with Crippen molar-refractivity contribution in [2.24, 2.45) is 0 Å². The molecule has 0 aliphatic heterocycles. The average Bonchev–Trinajstić information content (AvgIpc) is 2.77. The average molecular weight is 258 g/mol. The second-order valence-electron chi connectivity index (χ2n) is 6.92. The molecule has 0 aliphatic carbocycles. The molecule has 0 fully saturated rings. The van der Waals surface area contributed by atoms with Gasteiger partial charge in [0.2, 0.25) is 0 Å². The maximum absolute atomic E-state index is 4.52. The highest BCUT2D eigenvalue weighted by atomic mass is 15.4. The Morgan fingerprint density at radius 1 is 0.947 bits per heavy atom. The zero-order valence-electron chi connectivity index (χ0n) is 12.6. The Bertz CT molecular complexity index is 570. The highest BCUT2D eigenvalue weighted by molar-refractivity contribution is 5.31. The van der Waals surface area contributed by atoms with Crippen molar-refractivity contribution in [1.29, 1.82) is 0 Å². The van der Waals surface area contributed by atoms with Crippen LogP contribution in [0.3, 0.4) is 0 Å². The van der Waals surface area contributed by atoms with Crippen LogP contribution in [0.5, 0.6) is 0 Å². The summed E-state index contributed by atoms with van der Waals surface area (Å²) in [7, 11) is 0. The molecule has 0 radical (unpaired) electrons. The van der Waals surface area contributed by atoms with Crippen LogP contribution in [-0.4, -0.2) is 19.7 Å². The summed E-state index contributed by atoms with van der Waals surface area (Å²) in [5, 5.41) is 4.52. The third-order valence-electron chi connectivity index (χ3n) is 3.01. The summed E-state index contributed by atoms with van der Waals surface area (Å²) >= 11 is 0. The molecule has 2 heterocycles. The smallest absolute Gasteiger partial charge is 0.156 e. The van der Waals surface area contributed by atoms with E-state index in [2.05, 4.69) is 62.7 Å². The van der Waals surface area contributed by atoms with Crippen molar-refractivity contribution < 1.29 is 0 Å². The van der Waals surface area contributed by atoms with E-state index in [0.29, 0.717) is 0 Å². The molecule has 0 saturated carbocycles. The molecule has 0 aliphatic rings. The van der Waals surface area contributed by atoms with Crippen LogP contribution < -0.4 is 0 Å². The predicted octanol–water partition coefficient (Wildman–Crippen LogP) is 3.26. The Kier molecular flexibility index (Phi) is 3.20. The molecule has 0 aromatic carbocycles. The van der Waals surface area contributed by atoms with Crippen LogP contribution in [0.15, 0.2) is 24.7 Å². The van der Waals surface area contributed by atoms with Gasteiger partial charge in [-0.3, -0.25) is 0 Å². The lowest BCUT2D eigenvalue weighted by Crippen LogP contribution is -2.15. The first-order valence-electron chi connectivity index (χ1n) is 6.57. The molecule has 2 aromatic rings. The SMILES string of the molecule is CC(C)(C)c1ccnc(-n2cnc(C(C)(C)C)n2)c1. The molecule has 0 atom stereocenters. The second kappa shape index (κ2) is 4.44. The minimum atomic E-state index is -0.0487. The van der Waals surface area contributed by atoms with Crippen LogP contribution in [0.1, 0.15) is 52.9 Å². The third kappa shape index (κ3) is 3.00. The van der Waals surface area contributed by atoms with E-state index in [-0.39, 0.29) is 10.8 Å². The lowest BCUT2D eigenvalue weighted by atomic mass is 9.88. The molecule has 4 nitrogen and oxygen atoms in total. The van der Waals surface area contributed by atoms with E-state index in [0.717, 1.165) is 11.6 Å². The van der Waals surface area contributed by atoms with Crippen molar-refractivity contribution >= 4 is 0 Å². The maximum Gasteiger partial charge on any atom is 0.156 e. The zero-order chi connectivity index (χ0) is 14.3. The minimum Gasteiger partial charge on any atom is -0.237 e. The highest BCUT2D eigenvalue weighted by Gasteiger charge is 2.20. The van der Waals surface area contributed by atoms with Crippen LogP contribution in [-0.2, 0) is 10.8 Å². The molecule has 2 aromatic heterocycles. The van der Waals surface area contributed by atoms with Gasteiger partial charge in [0.1, 0.15) is 6.33 Å². The van der Waals surface area contributed by atoms with E-state index < -0.39 is 0 Å². The molecule has 0 unspecified atom stereocenters. The Morgan fingerprint density at radius 2 is 1.63 bits per heavy atom. The van der Waals surface area contributed by atoms with Gasteiger partial charge < -0.3 is 0 Å². The van der Waals surface area contributed by atoms with Gasteiger partial charge in [-0.15, -0.1) is 5.10 Å². The van der Waals surface area contributed by atoms with E-state index in [1.165, 1.54) is 5.56 Å². The number of hydrogen-bond donors (Lipinski definition) is 0. The van der Waals surface area contributed by atoms with Crippen LogP contribution in [0.25, 0.3) is 5.82 Å². The topological polar surface area (TPSA) is 43.6 Å². The van der Waals surface area contributed by atoms with Crippen molar-refractivity contribution in [3.8, 4) is 5.82 Å². The number of nitrogens with zero attached hydrogens (tertiary/aromatic N) is 4. The first-order chi connectivity index (χ1) is 8.68. The summed E-state index contributed by atoms with van der Waals surface area (Å²) in [5.74, 6) is 1.64. The first-order valence-corrected chi connectivity index (χ1v) is 6.57. The Morgan fingerprint density at radius 3 is 2.16 bits per heavy atom. The fourth-order valence-electron chi connectivity index (χ4n) is 1.73. The lowest BCUT2D eigenvalue weighted by Gasteiger charge is -2.19. The lowest BCUT2D eigenvalue weighted by molar-refractivity contribution is 0.542. The van der Waals surface area contributed by atoms with Gasteiger partial charge in [0.25, 0.3) is 0 Å². The summed E-state index contributed by atoms with van der Waals surface area (Å²) in [4.78, 5) is 8.75. The van der Waals surface area contributed by atoms with Gasteiger partial charge in [0.05, 0.1) is 0 Å². The van der Waals surface area contributed by atoms with Crippen molar-refractivity contribution in [1.82, 2.24) is 19.7 Å². The van der Waals surface area contributed by atoms with Crippen LogP contribution in [0.4, 0.5) is 0 Å². The van der Waals surface area contributed by atoms with Gasteiger partial charge in [-0.05, 0) is 23.1 Å². The van der Waals surface area contributed by atoms with E-state index in [4.69, 9.17) is 0 Å². The molecule has 2 rings (SSSR count). The number of aromatic nitrogens is 4. The number of pyridine rings is 1. The van der Waals surface area contributed by atoms with Gasteiger partial charge >= 0.3 is 0 Å². The summed E-state index contributed by atoms with van der Waals surface area (Å²) in [6.07, 6.45) is 3.56. The van der Waals surface area contributed by atoms with Crippen molar-refractivity contribution in [3.63, 3.8) is 0 Å². The molecule has 0 spiro atoms. The summed E-state index contributed by atoms with van der Waals surface area (Å²) in [6.45, 7) is 12.9. The van der Waals surface area contributed by atoms with E-state index >= 15 is 0 Å². The number of hydrogen-bond acceptors (Lipinski definition) is 3. The fraction of sp³-hybridized carbons (Fsp3) is 0.533. The predicted molar refractivity (Wildman–Crippen MR) is 76.6 cm³/mol. The van der Waals surface area contributed by atoms with Crippen molar-refractivity contribution in [2.45, 2.75) is 52.4 Å². The van der Waals surface area contributed by atoms with Crippen LogP contribution in [0, 0.1) is 0 Å². The standard InChI is InChI=1S/C15H22N4/c1-14(2,3)11-7-8-16-12(9-11)19-10-17-13(18-19)15(4,5)6/h7-10H,1-6H3. The molecule has 0 bridgehead atoms.